The van der Waals surface area contributed by atoms with E-state index < -0.39 is 11.9 Å². The van der Waals surface area contributed by atoms with Crippen LogP contribution in [0.2, 0.25) is 0 Å². The van der Waals surface area contributed by atoms with Gasteiger partial charge in [0, 0.05) is 13.1 Å². The lowest BCUT2D eigenvalue weighted by Crippen LogP contribution is -2.37. The molecule has 0 bridgehead atoms. The van der Waals surface area contributed by atoms with Gasteiger partial charge in [0.05, 0.1) is 17.0 Å². The fourth-order valence-corrected chi connectivity index (χ4v) is 4.33. The fourth-order valence-electron chi connectivity index (χ4n) is 4.33. The molecule has 0 fully saturated rings. The summed E-state index contributed by atoms with van der Waals surface area (Å²) in [6.45, 7) is 8.95. The topological polar surface area (TPSA) is 53.8 Å². The van der Waals surface area contributed by atoms with Gasteiger partial charge in [0.15, 0.2) is 5.43 Å². The van der Waals surface area contributed by atoms with Gasteiger partial charge in [0.25, 0.3) is 5.91 Å². The molecule has 1 aromatic heterocycles. The lowest BCUT2D eigenvalue weighted by Gasteiger charge is -2.28. The normalized spacial score (nSPS) is 15.8. The number of nitrogens with zero attached hydrogens (tertiary/aromatic N) is 2. The van der Waals surface area contributed by atoms with E-state index in [1.807, 2.05) is 19.1 Å². The molecule has 2 heterocycles. The first-order valence-corrected chi connectivity index (χ1v) is 10.9. The lowest BCUT2D eigenvalue weighted by molar-refractivity contribution is 0.0708. The third-order valence-electron chi connectivity index (χ3n) is 6.15. The number of fused-ring (bicyclic) bond motifs is 2. The summed E-state index contributed by atoms with van der Waals surface area (Å²) in [4.78, 5) is 30.8. The summed E-state index contributed by atoms with van der Waals surface area (Å²) in [5.74, 6) is -0.661. The van der Waals surface area contributed by atoms with Crippen molar-refractivity contribution < 1.29 is 13.6 Å². The molecule has 2 aromatic carbocycles. The highest BCUT2D eigenvalue weighted by molar-refractivity contribution is 5.99. The Balaban J connectivity index is 1.89. The first-order chi connectivity index (χ1) is 15.0. The molecular weight excluding hydrogens is 395 g/mol. The Bertz CT molecular complexity index is 1180. The SMILES string of the molecule is CCc1ccc2oc3c(c(=O)c2c1)C(c1cccc(F)c1)N(CCN(CC)CC)C3=O. The van der Waals surface area contributed by atoms with E-state index in [2.05, 4.69) is 18.7 Å². The lowest BCUT2D eigenvalue weighted by atomic mass is 9.98. The van der Waals surface area contributed by atoms with Crippen LogP contribution in [-0.4, -0.2) is 41.9 Å². The zero-order chi connectivity index (χ0) is 22.1. The smallest absolute Gasteiger partial charge is 0.290 e. The van der Waals surface area contributed by atoms with Crippen LogP contribution in [0.4, 0.5) is 4.39 Å². The number of amides is 1. The Morgan fingerprint density at radius 3 is 2.52 bits per heavy atom. The highest BCUT2D eigenvalue weighted by Gasteiger charge is 2.42. The van der Waals surface area contributed by atoms with Gasteiger partial charge >= 0.3 is 0 Å². The summed E-state index contributed by atoms with van der Waals surface area (Å²) >= 11 is 0. The van der Waals surface area contributed by atoms with Crippen LogP contribution >= 0.6 is 0 Å². The number of hydrogen-bond donors (Lipinski definition) is 0. The molecule has 0 radical (unpaired) electrons. The van der Waals surface area contributed by atoms with Gasteiger partial charge in [-0.15, -0.1) is 0 Å². The zero-order valence-electron chi connectivity index (χ0n) is 18.2. The summed E-state index contributed by atoms with van der Waals surface area (Å²) < 4.78 is 20.1. The number of rotatable bonds is 7. The Labute approximate surface area is 181 Å². The van der Waals surface area contributed by atoms with Gasteiger partial charge in [-0.25, -0.2) is 4.39 Å². The molecule has 5 nitrogen and oxygen atoms in total. The van der Waals surface area contributed by atoms with Crippen LogP contribution < -0.4 is 5.43 Å². The van der Waals surface area contributed by atoms with Gasteiger partial charge in [-0.2, -0.15) is 0 Å². The van der Waals surface area contributed by atoms with Gasteiger partial charge in [-0.3, -0.25) is 9.59 Å². The molecule has 162 valence electrons. The van der Waals surface area contributed by atoms with Crippen molar-refractivity contribution in [1.29, 1.82) is 0 Å². The average Bonchev–Trinajstić information content (AvgIpc) is 3.06. The zero-order valence-corrected chi connectivity index (χ0v) is 18.2. The molecule has 0 N–H and O–H groups in total. The molecule has 1 aliphatic rings. The van der Waals surface area contributed by atoms with Gasteiger partial charge in [0.1, 0.15) is 11.4 Å². The summed E-state index contributed by atoms with van der Waals surface area (Å²) in [7, 11) is 0. The molecule has 3 aromatic rings. The maximum absolute atomic E-state index is 14.1. The number of carbonyl (C=O) groups is 1. The fraction of sp³-hybridized carbons (Fsp3) is 0.360. The molecule has 0 saturated heterocycles. The van der Waals surface area contributed by atoms with Crippen molar-refractivity contribution in [3.8, 4) is 0 Å². The summed E-state index contributed by atoms with van der Waals surface area (Å²) in [6.07, 6.45) is 0.786. The highest BCUT2D eigenvalue weighted by Crippen LogP contribution is 2.38. The second-order valence-corrected chi connectivity index (χ2v) is 7.84. The standard InChI is InChI=1S/C25H27FN2O3/c1-4-16-10-11-20-19(14-16)23(29)21-22(17-8-7-9-18(26)15-17)28(25(30)24(21)31-20)13-12-27(5-2)6-3/h7-11,14-15,22H,4-6,12-13H2,1-3H3. The van der Waals surface area contributed by atoms with E-state index in [1.54, 1.807) is 23.1 Å². The molecule has 0 aliphatic carbocycles. The highest BCUT2D eigenvalue weighted by atomic mass is 19.1. The van der Waals surface area contributed by atoms with Crippen molar-refractivity contribution in [3.05, 3.63) is 81.0 Å². The van der Waals surface area contributed by atoms with Gasteiger partial charge < -0.3 is 14.2 Å². The minimum absolute atomic E-state index is 0.0653. The third-order valence-corrected chi connectivity index (χ3v) is 6.15. The van der Waals surface area contributed by atoms with Crippen LogP contribution in [0.3, 0.4) is 0 Å². The average molecular weight is 423 g/mol. The molecule has 1 aliphatic heterocycles. The Kier molecular flexibility index (Phi) is 5.92. The van der Waals surface area contributed by atoms with Crippen LogP contribution in [0.15, 0.2) is 51.7 Å². The van der Waals surface area contributed by atoms with E-state index in [1.165, 1.54) is 12.1 Å². The van der Waals surface area contributed by atoms with Crippen LogP contribution in [0.25, 0.3) is 11.0 Å². The number of benzene rings is 2. The van der Waals surface area contributed by atoms with Crippen molar-refractivity contribution in [3.63, 3.8) is 0 Å². The van der Waals surface area contributed by atoms with E-state index >= 15 is 0 Å². The first kappa shape index (κ1) is 21.2. The maximum Gasteiger partial charge on any atom is 0.290 e. The number of likely N-dealkylation sites (N-methyl/N-ethyl adjacent to an activating group) is 1. The first-order valence-electron chi connectivity index (χ1n) is 10.9. The van der Waals surface area contributed by atoms with Crippen molar-refractivity contribution in [2.24, 2.45) is 0 Å². The second-order valence-electron chi connectivity index (χ2n) is 7.84. The summed E-state index contributed by atoms with van der Waals surface area (Å²) in [5.41, 5.74) is 2.07. The van der Waals surface area contributed by atoms with Crippen LogP contribution in [-0.2, 0) is 6.42 Å². The molecule has 31 heavy (non-hydrogen) atoms. The molecule has 0 saturated carbocycles. The number of aryl methyl sites for hydroxylation is 1. The van der Waals surface area contributed by atoms with Crippen molar-refractivity contribution in [1.82, 2.24) is 9.80 Å². The second kappa shape index (κ2) is 8.63. The van der Waals surface area contributed by atoms with Crippen molar-refractivity contribution in [2.45, 2.75) is 33.2 Å². The van der Waals surface area contributed by atoms with Crippen LogP contribution in [0.1, 0.15) is 54.1 Å². The van der Waals surface area contributed by atoms with Crippen LogP contribution in [0.5, 0.6) is 0 Å². The van der Waals surface area contributed by atoms with E-state index in [0.717, 1.165) is 25.1 Å². The van der Waals surface area contributed by atoms with E-state index in [4.69, 9.17) is 4.42 Å². The molecule has 6 heteroatoms. The van der Waals surface area contributed by atoms with E-state index in [-0.39, 0.29) is 17.1 Å². The number of halogens is 1. The van der Waals surface area contributed by atoms with Crippen LogP contribution in [0, 0.1) is 5.82 Å². The molecular formula is C25H27FN2O3. The predicted octanol–water partition coefficient (Wildman–Crippen LogP) is 4.38. The van der Waals surface area contributed by atoms with Crippen molar-refractivity contribution in [2.75, 3.05) is 26.2 Å². The Hall–Kier alpha value is -2.99. The molecule has 4 rings (SSSR count). The van der Waals surface area contributed by atoms with E-state index in [9.17, 15) is 14.0 Å². The van der Waals surface area contributed by atoms with Crippen molar-refractivity contribution >= 4 is 16.9 Å². The molecule has 1 atom stereocenters. The molecule has 1 unspecified atom stereocenters. The van der Waals surface area contributed by atoms with Gasteiger partial charge in [-0.1, -0.05) is 39.0 Å². The number of hydrogen-bond acceptors (Lipinski definition) is 4. The minimum Gasteiger partial charge on any atom is -0.450 e. The summed E-state index contributed by atoms with van der Waals surface area (Å²) in [5, 5.41) is 0.456. The largest absolute Gasteiger partial charge is 0.450 e. The maximum atomic E-state index is 14.1. The van der Waals surface area contributed by atoms with Gasteiger partial charge in [-0.05, 0) is 54.9 Å². The molecule has 0 spiro atoms. The number of carbonyl (C=O) groups excluding carboxylic acids is 1. The van der Waals surface area contributed by atoms with Gasteiger partial charge in [0.2, 0.25) is 5.76 Å². The minimum atomic E-state index is -0.667. The third kappa shape index (κ3) is 3.76. The quantitative estimate of drug-likeness (QED) is 0.567. The monoisotopic (exact) mass is 422 g/mol. The molecule has 1 amide bonds. The Morgan fingerprint density at radius 1 is 1.06 bits per heavy atom. The van der Waals surface area contributed by atoms with E-state index in [0.29, 0.717) is 35.2 Å². The summed E-state index contributed by atoms with van der Waals surface area (Å²) in [6, 6.07) is 10.9. The predicted molar refractivity (Wildman–Crippen MR) is 119 cm³/mol. The Morgan fingerprint density at radius 2 is 1.84 bits per heavy atom.